The van der Waals surface area contributed by atoms with Crippen LogP contribution in [0.3, 0.4) is 0 Å². The molecule has 3 aromatic carbocycles. The zero-order valence-corrected chi connectivity index (χ0v) is 27.0. The van der Waals surface area contributed by atoms with Crippen LogP contribution in [0.15, 0.2) is 92.0 Å². The Morgan fingerprint density at radius 2 is 1.21 bits per heavy atom. The Bertz CT molecular complexity index is 1530. The number of esters is 4. The Labute approximate surface area is 278 Å². The molecular weight excluding hydrogens is 628 g/mol. The van der Waals surface area contributed by atoms with Crippen LogP contribution < -0.4 is 18.9 Å². The summed E-state index contributed by atoms with van der Waals surface area (Å²) in [4.78, 5) is 48.2. The van der Waals surface area contributed by atoms with Crippen molar-refractivity contribution < 1.29 is 47.6 Å². The maximum Gasteiger partial charge on any atom is 0.343 e. The van der Waals surface area contributed by atoms with Gasteiger partial charge in [-0.2, -0.15) is 0 Å². The molecule has 0 saturated carbocycles. The van der Waals surface area contributed by atoms with Crippen molar-refractivity contribution in [3.05, 3.63) is 108 Å². The number of carbonyl (C=O) groups is 4. The van der Waals surface area contributed by atoms with Crippen molar-refractivity contribution in [3.8, 4) is 23.0 Å². The Kier molecular flexibility index (Phi) is 14.5. The molecular formula is C36H37ClO10. The van der Waals surface area contributed by atoms with Crippen LogP contribution in [0.5, 0.6) is 23.0 Å². The van der Waals surface area contributed by atoms with Gasteiger partial charge in [-0.1, -0.05) is 38.6 Å². The second kappa shape index (κ2) is 18.8. The van der Waals surface area contributed by atoms with E-state index in [9.17, 15) is 19.2 Å². The lowest BCUT2D eigenvalue weighted by molar-refractivity contribution is -0.145. The van der Waals surface area contributed by atoms with Crippen LogP contribution in [0.1, 0.15) is 60.2 Å². The molecule has 10 nitrogen and oxygen atoms in total. The molecule has 2 atom stereocenters. The summed E-state index contributed by atoms with van der Waals surface area (Å²) >= 11 is 6.31. The molecule has 0 N–H and O–H groups in total. The number of ether oxygens (including phenoxy) is 6. The van der Waals surface area contributed by atoms with Crippen molar-refractivity contribution in [2.75, 3.05) is 13.2 Å². The van der Waals surface area contributed by atoms with Crippen LogP contribution in [0.2, 0.25) is 5.02 Å². The fourth-order valence-corrected chi connectivity index (χ4v) is 4.23. The minimum Gasteiger partial charge on any atom is -0.494 e. The van der Waals surface area contributed by atoms with Crippen molar-refractivity contribution >= 4 is 35.5 Å². The van der Waals surface area contributed by atoms with E-state index in [1.165, 1.54) is 30.3 Å². The third-order valence-corrected chi connectivity index (χ3v) is 6.98. The molecule has 0 aliphatic heterocycles. The molecule has 3 aromatic rings. The standard InChI is InChI=1S/C36H37ClO10/c1-5-26(44-33(38)7-3)10-9-21-42-28-15-11-24(12-16-28)35(40)46-30-19-20-32(31(37)22-30)47-36(41)25-13-17-29(18-14-25)43-23-27(6-2)45-34(39)8-4/h7-8,11-20,22,26-27H,3-6,9-10,21,23H2,1-2H3. The third-order valence-electron chi connectivity index (χ3n) is 6.68. The highest BCUT2D eigenvalue weighted by atomic mass is 35.5. The minimum atomic E-state index is -0.654. The first-order valence-electron chi connectivity index (χ1n) is 15.0. The fourth-order valence-electron chi connectivity index (χ4n) is 4.02. The van der Waals surface area contributed by atoms with Gasteiger partial charge >= 0.3 is 23.9 Å². The predicted molar refractivity (Wildman–Crippen MR) is 175 cm³/mol. The number of hydrogen-bond donors (Lipinski definition) is 0. The summed E-state index contributed by atoms with van der Waals surface area (Å²) in [5.74, 6) is -0.942. The third kappa shape index (κ3) is 12.0. The second-order valence-electron chi connectivity index (χ2n) is 10.1. The lowest BCUT2D eigenvalue weighted by Gasteiger charge is -2.16. The molecule has 2 unspecified atom stereocenters. The first-order valence-corrected chi connectivity index (χ1v) is 15.4. The zero-order chi connectivity index (χ0) is 34.2. The molecule has 0 saturated heterocycles. The van der Waals surface area contributed by atoms with Crippen molar-refractivity contribution in [2.45, 2.75) is 51.7 Å². The van der Waals surface area contributed by atoms with Gasteiger partial charge in [0.15, 0.2) is 0 Å². The van der Waals surface area contributed by atoms with E-state index in [2.05, 4.69) is 13.2 Å². The molecule has 0 aromatic heterocycles. The van der Waals surface area contributed by atoms with Gasteiger partial charge in [0.25, 0.3) is 0 Å². The molecule has 3 rings (SSSR count). The molecule has 0 radical (unpaired) electrons. The zero-order valence-electron chi connectivity index (χ0n) is 26.3. The van der Waals surface area contributed by atoms with Crippen molar-refractivity contribution in [2.24, 2.45) is 0 Å². The first kappa shape index (κ1) is 36.4. The summed E-state index contributed by atoms with van der Waals surface area (Å²) in [5.41, 5.74) is 0.544. The van der Waals surface area contributed by atoms with Gasteiger partial charge in [0, 0.05) is 18.2 Å². The smallest absolute Gasteiger partial charge is 0.343 e. The van der Waals surface area contributed by atoms with E-state index in [0.29, 0.717) is 49.4 Å². The summed E-state index contributed by atoms with van der Waals surface area (Å²) in [6.07, 6.45) is 4.19. The maximum atomic E-state index is 12.7. The van der Waals surface area contributed by atoms with E-state index in [1.54, 1.807) is 36.4 Å². The summed E-state index contributed by atoms with van der Waals surface area (Å²) in [6.45, 7) is 11.1. The topological polar surface area (TPSA) is 124 Å². The van der Waals surface area contributed by atoms with E-state index in [-0.39, 0.29) is 34.8 Å². The van der Waals surface area contributed by atoms with E-state index < -0.39 is 30.0 Å². The van der Waals surface area contributed by atoms with Gasteiger partial charge in [-0.05, 0) is 86.3 Å². The Morgan fingerprint density at radius 3 is 1.74 bits per heavy atom. The van der Waals surface area contributed by atoms with Gasteiger partial charge in [0.1, 0.15) is 41.8 Å². The highest BCUT2D eigenvalue weighted by molar-refractivity contribution is 6.32. The molecule has 248 valence electrons. The Hall–Kier alpha value is -5.09. The number of rotatable bonds is 18. The molecule has 0 bridgehead atoms. The lowest BCUT2D eigenvalue weighted by atomic mass is 10.1. The van der Waals surface area contributed by atoms with Crippen LogP contribution in [0.25, 0.3) is 0 Å². The molecule has 0 aliphatic carbocycles. The Morgan fingerprint density at radius 1 is 0.702 bits per heavy atom. The van der Waals surface area contributed by atoms with Crippen LogP contribution in [-0.2, 0) is 19.1 Å². The molecule has 0 aliphatic rings. The largest absolute Gasteiger partial charge is 0.494 e. The van der Waals surface area contributed by atoms with E-state index in [1.807, 2.05) is 13.8 Å². The fraction of sp³-hybridized carbons (Fsp3) is 0.278. The van der Waals surface area contributed by atoms with E-state index >= 15 is 0 Å². The first-order chi connectivity index (χ1) is 22.6. The summed E-state index contributed by atoms with van der Waals surface area (Å²) < 4.78 is 32.7. The Balaban J connectivity index is 1.47. The van der Waals surface area contributed by atoms with E-state index in [4.69, 9.17) is 40.0 Å². The second-order valence-corrected chi connectivity index (χ2v) is 10.5. The normalized spacial score (nSPS) is 11.7. The van der Waals surface area contributed by atoms with Gasteiger partial charge < -0.3 is 28.4 Å². The van der Waals surface area contributed by atoms with Gasteiger partial charge in [-0.15, -0.1) is 0 Å². The van der Waals surface area contributed by atoms with Crippen LogP contribution >= 0.6 is 11.6 Å². The number of carbonyl (C=O) groups excluding carboxylic acids is 4. The molecule has 47 heavy (non-hydrogen) atoms. The number of benzene rings is 3. The quantitative estimate of drug-likeness (QED) is 0.0591. The number of hydrogen-bond acceptors (Lipinski definition) is 10. The SMILES string of the molecule is C=CC(=O)OC(CC)CCCOc1ccc(C(=O)Oc2ccc(OC(=O)c3ccc(OCC(CC)OC(=O)C=C)cc3)c(Cl)c2)cc1. The van der Waals surface area contributed by atoms with Crippen molar-refractivity contribution in [1.29, 1.82) is 0 Å². The summed E-state index contributed by atoms with van der Waals surface area (Å²) in [5, 5.41) is 0.0663. The van der Waals surface area contributed by atoms with Gasteiger partial charge in [-0.3, -0.25) is 0 Å². The highest BCUT2D eigenvalue weighted by Gasteiger charge is 2.16. The van der Waals surface area contributed by atoms with Gasteiger partial charge in [0.2, 0.25) is 0 Å². The monoisotopic (exact) mass is 664 g/mol. The van der Waals surface area contributed by atoms with Gasteiger partial charge in [-0.25, -0.2) is 19.2 Å². The average molecular weight is 665 g/mol. The van der Waals surface area contributed by atoms with E-state index in [0.717, 1.165) is 12.2 Å². The molecule has 0 amide bonds. The predicted octanol–water partition coefficient (Wildman–Crippen LogP) is 7.33. The van der Waals surface area contributed by atoms with Crippen molar-refractivity contribution in [1.82, 2.24) is 0 Å². The highest BCUT2D eigenvalue weighted by Crippen LogP contribution is 2.30. The van der Waals surface area contributed by atoms with Crippen LogP contribution in [0.4, 0.5) is 0 Å². The van der Waals surface area contributed by atoms with Crippen molar-refractivity contribution in [3.63, 3.8) is 0 Å². The maximum absolute atomic E-state index is 12.7. The molecule has 0 fully saturated rings. The van der Waals surface area contributed by atoms with Crippen LogP contribution in [0, 0.1) is 0 Å². The van der Waals surface area contributed by atoms with Gasteiger partial charge in [0.05, 0.1) is 22.8 Å². The minimum absolute atomic E-state index is 0.0663. The molecule has 0 heterocycles. The number of halogens is 1. The van der Waals surface area contributed by atoms with Crippen LogP contribution in [-0.4, -0.2) is 49.3 Å². The lowest BCUT2D eigenvalue weighted by Crippen LogP contribution is -2.23. The summed E-state index contributed by atoms with van der Waals surface area (Å²) in [6, 6.07) is 17.0. The molecule has 0 spiro atoms. The average Bonchev–Trinajstić information content (AvgIpc) is 3.09. The summed E-state index contributed by atoms with van der Waals surface area (Å²) in [7, 11) is 0. The molecule has 11 heteroatoms.